The Kier molecular flexibility index (Phi) is 6.04. The van der Waals surface area contributed by atoms with Crippen molar-refractivity contribution < 1.29 is 9.53 Å². The number of benzene rings is 1. The summed E-state index contributed by atoms with van der Waals surface area (Å²) < 4.78 is 5.66. The van der Waals surface area contributed by atoms with Gasteiger partial charge in [-0.2, -0.15) is 5.26 Å². The van der Waals surface area contributed by atoms with Gasteiger partial charge in [-0.3, -0.25) is 0 Å². The Morgan fingerprint density at radius 1 is 1.33 bits per heavy atom. The number of nitriles is 1. The first-order valence-corrected chi connectivity index (χ1v) is 6.97. The Hall–Kier alpha value is -2.22. The molecular weight excluding hydrogens is 266 g/mol. The summed E-state index contributed by atoms with van der Waals surface area (Å²) in [7, 11) is 0. The predicted molar refractivity (Wildman–Crippen MR) is 82.1 cm³/mol. The van der Waals surface area contributed by atoms with Gasteiger partial charge in [0.2, 0.25) is 0 Å². The zero-order valence-corrected chi connectivity index (χ0v) is 13.1. The summed E-state index contributed by atoms with van der Waals surface area (Å²) in [5.41, 5.74) is 2.25. The molecule has 114 valence electrons. The molecular formula is C16H23N3O2. The van der Waals surface area contributed by atoms with Crippen LogP contribution in [-0.2, 0) is 5.41 Å². The number of nitrogens with zero attached hydrogens (tertiary/aromatic N) is 1. The lowest BCUT2D eigenvalue weighted by Crippen LogP contribution is -2.38. The lowest BCUT2D eigenvalue weighted by molar-refractivity contribution is 0.223. The summed E-state index contributed by atoms with van der Waals surface area (Å²) in [4.78, 5) is 11.4. The molecule has 2 amide bonds. The van der Waals surface area contributed by atoms with E-state index >= 15 is 0 Å². The highest BCUT2D eigenvalue weighted by molar-refractivity contribution is 5.73. The van der Waals surface area contributed by atoms with E-state index in [9.17, 15) is 4.79 Å². The molecule has 0 aliphatic rings. The van der Waals surface area contributed by atoms with E-state index in [1.54, 1.807) is 0 Å². The normalized spacial score (nSPS) is 10.6. The summed E-state index contributed by atoms with van der Waals surface area (Å²) >= 11 is 0. The van der Waals surface area contributed by atoms with Crippen molar-refractivity contribution in [3.05, 3.63) is 29.3 Å². The average Bonchev–Trinajstić information content (AvgIpc) is 2.39. The number of amides is 2. The maximum atomic E-state index is 11.4. The van der Waals surface area contributed by atoms with Gasteiger partial charge in [0.15, 0.2) is 6.73 Å². The van der Waals surface area contributed by atoms with Crippen LogP contribution in [0.5, 0.6) is 5.75 Å². The second-order valence-corrected chi connectivity index (χ2v) is 5.88. The largest absolute Gasteiger partial charge is 0.473 e. The summed E-state index contributed by atoms with van der Waals surface area (Å²) in [6, 6.07) is 7.63. The minimum Gasteiger partial charge on any atom is -0.473 e. The van der Waals surface area contributed by atoms with Crippen LogP contribution in [0.15, 0.2) is 18.2 Å². The molecule has 0 aliphatic heterocycles. The highest BCUT2D eigenvalue weighted by atomic mass is 16.5. The topological polar surface area (TPSA) is 74.2 Å². The quantitative estimate of drug-likeness (QED) is 0.646. The van der Waals surface area contributed by atoms with E-state index in [1.165, 1.54) is 5.56 Å². The maximum Gasteiger partial charge on any atom is 0.317 e. The van der Waals surface area contributed by atoms with Gasteiger partial charge in [-0.25, -0.2) is 4.79 Å². The first-order chi connectivity index (χ1) is 9.84. The molecule has 0 atom stereocenters. The fourth-order valence-corrected chi connectivity index (χ4v) is 1.83. The Morgan fingerprint density at radius 3 is 2.67 bits per heavy atom. The van der Waals surface area contributed by atoms with Crippen molar-refractivity contribution in [2.24, 2.45) is 0 Å². The third kappa shape index (κ3) is 5.74. The van der Waals surface area contributed by atoms with Crippen molar-refractivity contribution >= 4 is 6.03 Å². The van der Waals surface area contributed by atoms with Crippen LogP contribution in [0.25, 0.3) is 0 Å². The first kappa shape index (κ1) is 16.8. The van der Waals surface area contributed by atoms with E-state index in [1.807, 2.05) is 25.1 Å². The smallest absolute Gasteiger partial charge is 0.317 e. The number of hydrogen-bond acceptors (Lipinski definition) is 3. The average molecular weight is 289 g/mol. The van der Waals surface area contributed by atoms with E-state index < -0.39 is 0 Å². The summed E-state index contributed by atoms with van der Waals surface area (Å²) in [6.45, 7) is 8.83. The van der Waals surface area contributed by atoms with Crippen LogP contribution in [0.2, 0.25) is 0 Å². The van der Waals surface area contributed by atoms with Crippen LogP contribution in [0.3, 0.4) is 0 Å². The zero-order valence-electron chi connectivity index (χ0n) is 13.1. The van der Waals surface area contributed by atoms with Crippen molar-refractivity contribution in [2.75, 3.05) is 13.3 Å². The molecule has 2 N–H and O–H groups in total. The second kappa shape index (κ2) is 7.53. The molecule has 21 heavy (non-hydrogen) atoms. The zero-order chi connectivity index (χ0) is 15.9. The van der Waals surface area contributed by atoms with Gasteiger partial charge in [0, 0.05) is 6.54 Å². The highest BCUT2D eigenvalue weighted by Gasteiger charge is 2.19. The van der Waals surface area contributed by atoms with Crippen molar-refractivity contribution in [3.8, 4) is 11.8 Å². The van der Waals surface area contributed by atoms with E-state index in [2.05, 4.69) is 37.5 Å². The molecule has 0 heterocycles. The van der Waals surface area contributed by atoms with Crippen molar-refractivity contribution in [1.29, 1.82) is 5.26 Å². The van der Waals surface area contributed by atoms with Crippen molar-refractivity contribution in [2.45, 2.75) is 39.5 Å². The lowest BCUT2D eigenvalue weighted by atomic mass is 9.85. The molecule has 0 saturated carbocycles. The Morgan fingerprint density at radius 2 is 2.05 bits per heavy atom. The molecule has 0 aromatic heterocycles. The molecule has 1 rings (SSSR count). The first-order valence-electron chi connectivity index (χ1n) is 6.97. The molecule has 0 saturated heterocycles. The van der Waals surface area contributed by atoms with E-state index in [0.29, 0.717) is 13.0 Å². The van der Waals surface area contributed by atoms with Gasteiger partial charge in [-0.05, 0) is 24.0 Å². The Balaban J connectivity index is 2.56. The molecule has 1 aromatic rings. The number of aryl methyl sites for hydroxylation is 1. The number of nitrogens with one attached hydrogen (secondary N) is 2. The number of ether oxygens (including phenoxy) is 1. The van der Waals surface area contributed by atoms with E-state index in [0.717, 1.165) is 11.3 Å². The highest BCUT2D eigenvalue weighted by Crippen LogP contribution is 2.31. The van der Waals surface area contributed by atoms with Crippen LogP contribution >= 0.6 is 0 Å². The molecule has 0 radical (unpaired) electrons. The maximum absolute atomic E-state index is 11.4. The third-order valence-corrected chi connectivity index (χ3v) is 2.93. The molecule has 1 aromatic carbocycles. The van der Waals surface area contributed by atoms with E-state index in [4.69, 9.17) is 10.00 Å². The summed E-state index contributed by atoms with van der Waals surface area (Å²) in [5.74, 6) is 0.769. The molecule has 0 fully saturated rings. The van der Waals surface area contributed by atoms with Crippen LogP contribution in [0, 0.1) is 18.3 Å². The van der Waals surface area contributed by atoms with Crippen molar-refractivity contribution in [3.63, 3.8) is 0 Å². The monoisotopic (exact) mass is 289 g/mol. The number of urea groups is 1. The minimum absolute atomic E-state index is 0.0313. The summed E-state index contributed by atoms with van der Waals surface area (Å²) in [6.07, 6.45) is 0.292. The van der Waals surface area contributed by atoms with Gasteiger partial charge in [-0.15, -0.1) is 0 Å². The van der Waals surface area contributed by atoms with Gasteiger partial charge in [-0.1, -0.05) is 38.5 Å². The molecule has 0 unspecified atom stereocenters. The second-order valence-electron chi connectivity index (χ2n) is 5.88. The molecule has 0 spiro atoms. The summed E-state index contributed by atoms with van der Waals surface area (Å²) in [5, 5.41) is 13.6. The minimum atomic E-state index is -0.338. The molecule has 0 aliphatic carbocycles. The van der Waals surface area contributed by atoms with Gasteiger partial charge in [0.05, 0.1) is 12.5 Å². The SMILES string of the molecule is Cc1ccc(OCNC(=O)NCCC#N)c(C(C)(C)C)c1. The number of rotatable bonds is 5. The van der Waals surface area contributed by atoms with Crippen LogP contribution in [0.1, 0.15) is 38.3 Å². The lowest BCUT2D eigenvalue weighted by Gasteiger charge is -2.23. The fourth-order valence-electron chi connectivity index (χ4n) is 1.83. The van der Waals surface area contributed by atoms with E-state index in [-0.39, 0.29) is 18.2 Å². The number of hydrogen-bond donors (Lipinski definition) is 2. The van der Waals surface area contributed by atoms with Crippen LogP contribution in [-0.4, -0.2) is 19.3 Å². The fraction of sp³-hybridized carbons (Fsp3) is 0.500. The van der Waals surface area contributed by atoms with Gasteiger partial charge < -0.3 is 15.4 Å². The molecule has 0 bridgehead atoms. The Bertz CT molecular complexity index is 527. The standard InChI is InChI=1S/C16H23N3O2/c1-12-6-7-14(13(10-12)16(2,3)4)21-11-19-15(20)18-9-5-8-17/h6-7,10H,5,9,11H2,1-4H3,(H2,18,19,20). The van der Waals surface area contributed by atoms with Crippen LogP contribution < -0.4 is 15.4 Å². The van der Waals surface area contributed by atoms with Gasteiger partial charge in [0.25, 0.3) is 0 Å². The van der Waals surface area contributed by atoms with Gasteiger partial charge in [0.1, 0.15) is 5.75 Å². The number of carbonyl (C=O) groups is 1. The third-order valence-electron chi connectivity index (χ3n) is 2.93. The molecule has 5 nitrogen and oxygen atoms in total. The van der Waals surface area contributed by atoms with Crippen molar-refractivity contribution in [1.82, 2.24) is 10.6 Å². The predicted octanol–water partition coefficient (Wildman–Crippen LogP) is 2.84. The number of carbonyl (C=O) groups excluding carboxylic acids is 1. The molecule has 5 heteroatoms. The van der Waals surface area contributed by atoms with Crippen LogP contribution in [0.4, 0.5) is 4.79 Å². The van der Waals surface area contributed by atoms with Gasteiger partial charge >= 0.3 is 6.03 Å². The Labute approximate surface area is 126 Å².